The van der Waals surface area contributed by atoms with Gasteiger partial charge >= 0.3 is 0 Å². The van der Waals surface area contributed by atoms with Crippen molar-refractivity contribution in [3.8, 4) is 22.3 Å². The van der Waals surface area contributed by atoms with Crippen molar-refractivity contribution in [1.82, 2.24) is 9.13 Å². The lowest BCUT2D eigenvalue weighted by molar-refractivity contribution is 0.776. The van der Waals surface area contributed by atoms with Gasteiger partial charge in [0, 0.05) is 27.7 Å². The zero-order valence-electron chi connectivity index (χ0n) is 41.7. The van der Waals surface area contributed by atoms with Gasteiger partial charge in [0.05, 0.1) is 32.9 Å². The summed E-state index contributed by atoms with van der Waals surface area (Å²) in [4.78, 5) is 5.44. The van der Waals surface area contributed by atoms with Crippen LogP contribution in [0.1, 0.15) is 57.3 Å². The van der Waals surface area contributed by atoms with E-state index >= 15 is 0 Å². The zero-order valence-corrected chi connectivity index (χ0v) is 41.7. The number of nitrogens with one attached hydrogen (secondary N) is 1. The minimum atomic E-state index is -0.625. The van der Waals surface area contributed by atoms with Crippen LogP contribution < -0.4 is 0 Å². The number of aromatic nitrogens is 2. The molecule has 15 rings (SSSR count). The Morgan fingerprint density at radius 2 is 0.882 bits per heavy atom. The molecule has 4 heteroatoms. The molecule has 0 unspecified atom stereocenters. The minimum Gasteiger partial charge on any atom is -0.316 e. The van der Waals surface area contributed by atoms with E-state index in [4.69, 9.17) is 4.99 Å². The molecule has 0 radical (unpaired) electrons. The van der Waals surface area contributed by atoms with Crippen LogP contribution in [-0.2, 0) is 10.8 Å². The van der Waals surface area contributed by atoms with Crippen LogP contribution in [0.25, 0.3) is 72.1 Å². The van der Waals surface area contributed by atoms with Crippen LogP contribution in [0.2, 0.25) is 0 Å². The molecule has 3 aliphatic rings. The average molecular weight is 971 g/mol. The molecule has 0 amide bonds. The quantitative estimate of drug-likeness (QED) is 0.122. The Morgan fingerprint density at radius 3 is 1.41 bits per heavy atom. The highest BCUT2D eigenvalue weighted by molar-refractivity contribution is 6.23. The predicted molar refractivity (Wildman–Crippen MR) is 316 cm³/mol. The lowest BCUT2D eigenvalue weighted by Crippen LogP contribution is -2.28. The Morgan fingerprint density at radius 1 is 0.434 bits per heavy atom. The molecule has 1 N–H and O–H groups in total. The predicted octanol–water partition coefficient (Wildman–Crippen LogP) is 17.3. The SMILES string of the molecule is N=C(/N=C(\C=C\n1c2ccccc2c2c3c(ccc21)-c1ccccc1C3(c1ccccc1)c1ccccc1)n1c2ccccc2c2c3c(ccc21)-c1ccccc1C3(c1ccccc1)c1ccccc1)C1=CC=CCC1. The summed E-state index contributed by atoms with van der Waals surface area (Å²) in [6.45, 7) is 0. The van der Waals surface area contributed by atoms with E-state index in [0.29, 0.717) is 5.84 Å². The van der Waals surface area contributed by atoms with Crippen molar-refractivity contribution in [3.63, 3.8) is 0 Å². The molecule has 3 aliphatic carbocycles. The maximum Gasteiger partial charge on any atom is 0.150 e. The largest absolute Gasteiger partial charge is 0.316 e. The van der Waals surface area contributed by atoms with Gasteiger partial charge in [-0.3, -0.25) is 9.98 Å². The van der Waals surface area contributed by atoms with E-state index in [1.807, 2.05) is 0 Å². The van der Waals surface area contributed by atoms with Gasteiger partial charge in [0.25, 0.3) is 0 Å². The van der Waals surface area contributed by atoms with E-state index in [1.165, 1.54) is 82.9 Å². The number of hydrogen-bond donors (Lipinski definition) is 1. The summed E-state index contributed by atoms with van der Waals surface area (Å²) in [6, 6.07) is 89.1. The molecule has 0 atom stereocenters. The van der Waals surface area contributed by atoms with Gasteiger partial charge in [-0.1, -0.05) is 237 Å². The van der Waals surface area contributed by atoms with E-state index in [2.05, 4.69) is 282 Å². The molecular formula is C72H50N4. The van der Waals surface area contributed by atoms with Gasteiger partial charge < -0.3 is 4.57 Å². The standard InChI is InChI=1S/C72H50N4/c73-70(48-24-6-1-7-25-48)74-65(76-62-41-23-19-37-58(62)67-64(76)45-43-56-54-35-17-21-39-60(54)72(69(56)67,51-30-12-4-13-31-51)52-32-14-5-15-33-52)46-47-75-61-40-22-18-36-57(61)66-63(75)44-42-55-53-34-16-20-38-59(53)71(68(55)66,49-26-8-2-9-27-49)50-28-10-3-11-29-50/h1-6,8-24,26-47,73H,7,25H2/b47-46+,73-70?,74-65+. The van der Waals surface area contributed by atoms with Crippen molar-refractivity contribution in [2.24, 2.45) is 4.99 Å². The van der Waals surface area contributed by atoms with Crippen molar-refractivity contribution in [2.75, 3.05) is 0 Å². The Bertz CT molecular complexity index is 4370. The lowest BCUT2D eigenvalue weighted by atomic mass is 9.67. The zero-order chi connectivity index (χ0) is 50.4. The summed E-state index contributed by atoms with van der Waals surface area (Å²) in [5.74, 6) is 0.925. The Hall–Kier alpha value is -9.64. The van der Waals surface area contributed by atoms with Crippen LogP contribution in [0.15, 0.2) is 278 Å². The van der Waals surface area contributed by atoms with Gasteiger partial charge in [0.15, 0.2) is 0 Å². The van der Waals surface area contributed by atoms with Crippen molar-refractivity contribution in [2.45, 2.75) is 23.7 Å². The summed E-state index contributed by atoms with van der Waals surface area (Å²) in [6.07, 6.45) is 12.3. The van der Waals surface area contributed by atoms with Crippen LogP contribution >= 0.6 is 0 Å². The third-order valence-electron chi connectivity index (χ3n) is 16.7. The highest BCUT2D eigenvalue weighted by Gasteiger charge is 2.49. The highest BCUT2D eigenvalue weighted by Crippen LogP contribution is 2.61. The van der Waals surface area contributed by atoms with Gasteiger partial charge in [0.1, 0.15) is 11.7 Å². The van der Waals surface area contributed by atoms with Gasteiger partial charge in [0.2, 0.25) is 0 Å². The molecule has 358 valence electrons. The van der Waals surface area contributed by atoms with Gasteiger partial charge in [-0.15, -0.1) is 0 Å². The van der Waals surface area contributed by atoms with Gasteiger partial charge in [-0.25, -0.2) is 4.99 Å². The van der Waals surface area contributed by atoms with Crippen LogP contribution in [0.5, 0.6) is 0 Å². The number of rotatable bonds is 7. The first-order valence-corrected chi connectivity index (χ1v) is 26.4. The molecule has 76 heavy (non-hydrogen) atoms. The second-order valence-electron chi connectivity index (χ2n) is 20.4. The van der Waals surface area contributed by atoms with E-state index in [-0.39, 0.29) is 5.84 Å². The van der Waals surface area contributed by atoms with E-state index in [0.717, 1.165) is 45.9 Å². The molecule has 0 spiro atoms. The van der Waals surface area contributed by atoms with Gasteiger partial charge in [-0.2, -0.15) is 0 Å². The minimum absolute atomic E-state index is 0.264. The molecule has 0 bridgehead atoms. The lowest BCUT2D eigenvalue weighted by Gasteiger charge is -2.34. The number of benzene rings is 10. The summed E-state index contributed by atoms with van der Waals surface area (Å²) < 4.78 is 4.67. The molecule has 4 nitrogen and oxygen atoms in total. The Balaban J connectivity index is 1.02. The number of nitrogens with zero attached hydrogens (tertiary/aromatic N) is 3. The second-order valence-corrected chi connectivity index (χ2v) is 20.4. The number of fused-ring (bicyclic) bond motifs is 14. The fourth-order valence-electron chi connectivity index (χ4n) is 13.7. The first-order valence-electron chi connectivity index (χ1n) is 26.4. The topological polar surface area (TPSA) is 46.1 Å². The van der Waals surface area contributed by atoms with E-state index in [1.54, 1.807) is 0 Å². The summed E-state index contributed by atoms with van der Waals surface area (Å²) >= 11 is 0. The van der Waals surface area contributed by atoms with Gasteiger partial charge in [-0.05, 0) is 116 Å². The molecule has 12 aromatic rings. The third kappa shape index (κ3) is 6.13. The molecule has 0 aliphatic heterocycles. The van der Waals surface area contributed by atoms with Crippen LogP contribution in [-0.4, -0.2) is 20.8 Å². The Labute approximate surface area is 441 Å². The average Bonchev–Trinajstić information content (AvgIpc) is 4.31. The molecule has 2 heterocycles. The van der Waals surface area contributed by atoms with Crippen LogP contribution in [0.4, 0.5) is 0 Å². The smallest absolute Gasteiger partial charge is 0.150 e. The molecule has 0 fully saturated rings. The van der Waals surface area contributed by atoms with Crippen LogP contribution in [0, 0.1) is 5.41 Å². The molecular weight excluding hydrogens is 921 g/mol. The number of hydrogen-bond acceptors (Lipinski definition) is 1. The fraction of sp³-hybridized carbons (Fsp3) is 0.0556. The third-order valence-corrected chi connectivity index (χ3v) is 16.7. The van der Waals surface area contributed by atoms with E-state index < -0.39 is 10.8 Å². The molecule has 0 saturated carbocycles. The normalized spacial score (nSPS) is 15.1. The van der Waals surface area contributed by atoms with Crippen molar-refractivity contribution >= 4 is 61.5 Å². The summed E-state index contributed by atoms with van der Waals surface area (Å²) in [5, 5.41) is 14.5. The molecule has 0 saturated heterocycles. The second kappa shape index (κ2) is 17.2. The van der Waals surface area contributed by atoms with Crippen molar-refractivity contribution in [1.29, 1.82) is 5.41 Å². The number of aliphatic imine (C=N–C) groups is 1. The monoisotopic (exact) mass is 970 g/mol. The first-order chi connectivity index (χ1) is 37.7. The van der Waals surface area contributed by atoms with Crippen molar-refractivity contribution in [3.05, 3.63) is 317 Å². The molecule has 2 aromatic heterocycles. The Kier molecular flexibility index (Phi) is 9.95. The van der Waals surface area contributed by atoms with Crippen LogP contribution in [0.3, 0.4) is 0 Å². The van der Waals surface area contributed by atoms with E-state index in [9.17, 15) is 5.41 Å². The highest BCUT2D eigenvalue weighted by atomic mass is 15.1. The molecule has 10 aromatic carbocycles. The summed E-state index contributed by atoms with van der Waals surface area (Å²) in [7, 11) is 0. The maximum absolute atomic E-state index is 9.76. The first kappa shape index (κ1) is 43.9. The number of para-hydroxylation sites is 2. The van der Waals surface area contributed by atoms with Crippen molar-refractivity contribution < 1.29 is 0 Å². The number of amidine groups is 1. The summed E-state index contributed by atoms with van der Waals surface area (Å²) in [5.41, 5.74) is 18.9. The maximum atomic E-state index is 9.76. The fourth-order valence-corrected chi connectivity index (χ4v) is 13.7. The number of allylic oxidation sites excluding steroid dienone is 4.